The number of rotatable bonds is 3. The summed E-state index contributed by atoms with van der Waals surface area (Å²) in [7, 11) is 0. The molecule has 0 bridgehead atoms. The van der Waals surface area contributed by atoms with Crippen molar-refractivity contribution in [3.05, 3.63) is 33.4 Å². The van der Waals surface area contributed by atoms with Gasteiger partial charge in [0, 0.05) is 18.6 Å². The van der Waals surface area contributed by atoms with Gasteiger partial charge in [0.15, 0.2) is 5.78 Å². The monoisotopic (exact) mass is 260 g/mol. The van der Waals surface area contributed by atoms with E-state index in [9.17, 15) is 4.79 Å². The summed E-state index contributed by atoms with van der Waals surface area (Å²) in [5.41, 5.74) is 7.02. The summed E-state index contributed by atoms with van der Waals surface area (Å²) in [5, 5.41) is 0. The van der Waals surface area contributed by atoms with Crippen LogP contribution in [0.15, 0.2) is 0 Å². The minimum Gasteiger partial charge on any atom is -0.378 e. The average molecular weight is 260 g/mol. The van der Waals surface area contributed by atoms with E-state index >= 15 is 0 Å². The van der Waals surface area contributed by atoms with E-state index in [0.29, 0.717) is 6.42 Å². The number of ketones is 1. The highest BCUT2D eigenvalue weighted by Crippen LogP contribution is 2.28. The molecule has 1 atom stereocenters. The third-order valence-corrected chi connectivity index (χ3v) is 4.72. The van der Waals surface area contributed by atoms with Crippen LogP contribution in [0.1, 0.15) is 57.4 Å². The van der Waals surface area contributed by atoms with Gasteiger partial charge < -0.3 is 4.74 Å². The van der Waals surface area contributed by atoms with Crippen LogP contribution in [0.3, 0.4) is 0 Å². The molecule has 19 heavy (non-hydrogen) atoms. The highest BCUT2D eigenvalue weighted by atomic mass is 16.5. The molecule has 0 amide bonds. The lowest BCUT2D eigenvalue weighted by atomic mass is 9.86. The SMILES string of the molecule is Cc1c(C)c(C)c(C(=O)CC2CCCO2)c(C)c1C. The number of hydrogen-bond acceptors (Lipinski definition) is 2. The summed E-state index contributed by atoms with van der Waals surface area (Å²) in [6.45, 7) is 11.3. The Bertz CT molecular complexity index is 479. The molecule has 0 N–H and O–H groups in total. The lowest BCUT2D eigenvalue weighted by Gasteiger charge is -2.19. The van der Waals surface area contributed by atoms with E-state index < -0.39 is 0 Å². The van der Waals surface area contributed by atoms with Gasteiger partial charge >= 0.3 is 0 Å². The zero-order valence-corrected chi connectivity index (χ0v) is 12.7. The van der Waals surface area contributed by atoms with Crippen LogP contribution >= 0.6 is 0 Å². The van der Waals surface area contributed by atoms with Crippen LogP contribution in [0.2, 0.25) is 0 Å². The standard InChI is InChI=1S/C17H24O2/c1-10-11(2)13(4)17(14(5)12(10)3)16(18)9-15-7-6-8-19-15/h15H,6-9H2,1-5H3. The summed E-state index contributed by atoms with van der Waals surface area (Å²) in [5.74, 6) is 0.244. The zero-order valence-electron chi connectivity index (χ0n) is 12.7. The van der Waals surface area contributed by atoms with Crippen molar-refractivity contribution in [1.29, 1.82) is 0 Å². The second kappa shape index (κ2) is 5.46. The predicted molar refractivity (Wildman–Crippen MR) is 78.0 cm³/mol. The van der Waals surface area contributed by atoms with Crippen LogP contribution in [0.4, 0.5) is 0 Å². The van der Waals surface area contributed by atoms with Crippen molar-refractivity contribution in [3.8, 4) is 0 Å². The van der Waals surface area contributed by atoms with Gasteiger partial charge in [-0.25, -0.2) is 0 Å². The molecule has 1 unspecified atom stereocenters. The average Bonchev–Trinajstić information content (AvgIpc) is 2.87. The third-order valence-electron chi connectivity index (χ3n) is 4.72. The maximum atomic E-state index is 12.6. The number of benzene rings is 1. The van der Waals surface area contributed by atoms with Gasteiger partial charge in [-0.05, 0) is 75.3 Å². The Morgan fingerprint density at radius 1 is 1.00 bits per heavy atom. The molecule has 2 heteroatoms. The van der Waals surface area contributed by atoms with Crippen molar-refractivity contribution in [2.45, 2.75) is 60.0 Å². The fraction of sp³-hybridized carbons (Fsp3) is 0.588. The first-order chi connectivity index (χ1) is 8.93. The normalized spacial score (nSPS) is 18.9. The Morgan fingerprint density at radius 3 is 2.00 bits per heavy atom. The second-order valence-corrected chi connectivity index (χ2v) is 5.76. The maximum Gasteiger partial charge on any atom is 0.166 e. The molecule has 1 saturated heterocycles. The summed E-state index contributed by atoms with van der Waals surface area (Å²) in [4.78, 5) is 12.6. The van der Waals surface area contributed by atoms with E-state index in [-0.39, 0.29) is 11.9 Å². The van der Waals surface area contributed by atoms with Gasteiger partial charge in [-0.1, -0.05) is 0 Å². The molecule has 1 aromatic carbocycles. The highest BCUT2D eigenvalue weighted by Gasteiger charge is 2.23. The van der Waals surface area contributed by atoms with E-state index in [1.165, 1.54) is 16.7 Å². The Morgan fingerprint density at radius 2 is 1.53 bits per heavy atom. The highest BCUT2D eigenvalue weighted by molar-refractivity contribution is 6.00. The van der Waals surface area contributed by atoms with Crippen molar-refractivity contribution < 1.29 is 9.53 Å². The van der Waals surface area contributed by atoms with Crippen molar-refractivity contribution >= 4 is 5.78 Å². The lowest BCUT2D eigenvalue weighted by molar-refractivity contribution is 0.0774. The number of carbonyl (C=O) groups is 1. The van der Waals surface area contributed by atoms with Crippen LogP contribution in [0.25, 0.3) is 0 Å². The first-order valence-electron chi connectivity index (χ1n) is 7.15. The Kier molecular flexibility index (Phi) is 4.10. The number of carbonyl (C=O) groups excluding carboxylic acids is 1. The van der Waals surface area contributed by atoms with E-state index in [2.05, 4.69) is 34.6 Å². The van der Waals surface area contributed by atoms with Crippen molar-refractivity contribution in [2.24, 2.45) is 0 Å². The molecule has 1 aliphatic heterocycles. The summed E-state index contributed by atoms with van der Waals surface area (Å²) in [6.07, 6.45) is 2.77. The minimum absolute atomic E-state index is 0.133. The summed E-state index contributed by atoms with van der Waals surface area (Å²) in [6, 6.07) is 0. The molecule has 1 fully saturated rings. The lowest BCUT2D eigenvalue weighted by Crippen LogP contribution is -2.16. The molecule has 104 valence electrons. The van der Waals surface area contributed by atoms with Gasteiger partial charge in [0.1, 0.15) is 0 Å². The summed E-state index contributed by atoms with van der Waals surface area (Å²) >= 11 is 0. The molecule has 2 nitrogen and oxygen atoms in total. The van der Waals surface area contributed by atoms with E-state index in [4.69, 9.17) is 4.74 Å². The molecule has 0 saturated carbocycles. The summed E-state index contributed by atoms with van der Waals surface area (Å²) < 4.78 is 5.59. The molecule has 1 aliphatic rings. The molecule has 0 radical (unpaired) electrons. The van der Waals surface area contributed by atoms with Crippen LogP contribution in [-0.2, 0) is 4.74 Å². The second-order valence-electron chi connectivity index (χ2n) is 5.76. The molecule has 0 spiro atoms. The van der Waals surface area contributed by atoms with Crippen molar-refractivity contribution in [3.63, 3.8) is 0 Å². The third kappa shape index (κ3) is 2.59. The fourth-order valence-electron chi connectivity index (χ4n) is 3.03. The molecule has 0 aromatic heterocycles. The zero-order chi connectivity index (χ0) is 14.2. The van der Waals surface area contributed by atoms with Gasteiger partial charge in [0.2, 0.25) is 0 Å². The molecule has 1 aromatic rings. The van der Waals surface area contributed by atoms with Gasteiger partial charge in [0.25, 0.3) is 0 Å². The van der Waals surface area contributed by atoms with Crippen molar-refractivity contribution in [2.75, 3.05) is 6.61 Å². The molecular formula is C17H24O2. The Labute approximate surface area is 116 Å². The predicted octanol–water partition coefficient (Wildman–Crippen LogP) is 3.98. The van der Waals surface area contributed by atoms with Gasteiger partial charge in [-0.2, -0.15) is 0 Å². The smallest absolute Gasteiger partial charge is 0.166 e. The van der Waals surface area contributed by atoms with Crippen LogP contribution in [0, 0.1) is 34.6 Å². The fourth-order valence-corrected chi connectivity index (χ4v) is 3.03. The molecule has 0 aliphatic carbocycles. The Balaban J connectivity index is 2.36. The number of hydrogen-bond donors (Lipinski definition) is 0. The maximum absolute atomic E-state index is 12.6. The number of Topliss-reactive ketones (excluding diaryl/α,β-unsaturated/α-hetero) is 1. The first-order valence-corrected chi connectivity index (χ1v) is 7.15. The van der Waals surface area contributed by atoms with Crippen LogP contribution in [-0.4, -0.2) is 18.5 Å². The molecule has 2 rings (SSSR count). The Hall–Kier alpha value is -1.15. The topological polar surface area (TPSA) is 26.3 Å². The van der Waals surface area contributed by atoms with Crippen LogP contribution < -0.4 is 0 Å². The van der Waals surface area contributed by atoms with Gasteiger partial charge in [-0.15, -0.1) is 0 Å². The molecule has 1 heterocycles. The van der Waals surface area contributed by atoms with Crippen molar-refractivity contribution in [1.82, 2.24) is 0 Å². The van der Waals surface area contributed by atoms with E-state index in [1.807, 2.05) is 0 Å². The first kappa shape index (κ1) is 14.3. The quantitative estimate of drug-likeness (QED) is 0.768. The van der Waals surface area contributed by atoms with Gasteiger partial charge in [-0.3, -0.25) is 4.79 Å². The van der Waals surface area contributed by atoms with E-state index in [0.717, 1.165) is 36.1 Å². The van der Waals surface area contributed by atoms with Crippen LogP contribution in [0.5, 0.6) is 0 Å². The van der Waals surface area contributed by atoms with Gasteiger partial charge in [0.05, 0.1) is 6.10 Å². The minimum atomic E-state index is 0.133. The molecular weight excluding hydrogens is 236 g/mol. The largest absolute Gasteiger partial charge is 0.378 e. The van der Waals surface area contributed by atoms with E-state index in [1.54, 1.807) is 0 Å². The number of ether oxygens (including phenoxy) is 1.